The van der Waals surface area contributed by atoms with Crippen LogP contribution >= 0.6 is 11.8 Å². The monoisotopic (exact) mass is 324 g/mol. The summed E-state index contributed by atoms with van der Waals surface area (Å²) in [5.41, 5.74) is -0.00431. The molecular weight excluding hydrogens is 308 g/mol. The molecule has 0 bridgehead atoms. The predicted molar refractivity (Wildman–Crippen MR) is 78.7 cm³/mol. The summed E-state index contributed by atoms with van der Waals surface area (Å²) in [6, 6.07) is 1.86. The van der Waals surface area contributed by atoms with E-state index in [0.29, 0.717) is 32.8 Å². The van der Waals surface area contributed by atoms with E-state index in [9.17, 15) is 14.4 Å². The third kappa shape index (κ3) is 3.99. The van der Waals surface area contributed by atoms with Crippen molar-refractivity contribution in [3.63, 3.8) is 0 Å². The zero-order chi connectivity index (χ0) is 15.9. The predicted octanol–water partition coefficient (Wildman–Crippen LogP) is -0.462. The van der Waals surface area contributed by atoms with Crippen LogP contribution in [0.5, 0.6) is 0 Å². The van der Waals surface area contributed by atoms with E-state index < -0.39 is 0 Å². The first kappa shape index (κ1) is 16.3. The van der Waals surface area contributed by atoms with E-state index in [0.717, 1.165) is 16.7 Å². The molecule has 0 spiro atoms. The van der Waals surface area contributed by atoms with Gasteiger partial charge in [-0.2, -0.15) is 5.26 Å². The van der Waals surface area contributed by atoms with Gasteiger partial charge in [-0.1, -0.05) is 11.8 Å². The molecule has 118 valence electrons. The van der Waals surface area contributed by atoms with Crippen LogP contribution in [-0.4, -0.2) is 72.0 Å². The van der Waals surface area contributed by atoms with E-state index in [2.05, 4.69) is 5.32 Å². The summed E-state index contributed by atoms with van der Waals surface area (Å²) in [6.45, 7) is 2.37. The highest BCUT2D eigenvalue weighted by Gasteiger charge is 2.29. The van der Waals surface area contributed by atoms with Crippen LogP contribution < -0.4 is 5.32 Å². The second-order valence-corrected chi connectivity index (χ2v) is 5.56. The van der Waals surface area contributed by atoms with Gasteiger partial charge in [0.1, 0.15) is 11.6 Å². The number of nitrogens with one attached hydrogen (secondary N) is 1. The maximum atomic E-state index is 12.1. The van der Waals surface area contributed by atoms with Crippen molar-refractivity contribution in [1.29, 1.82) is 5.26 Å². The fraction of sp³-hybridized carbons (Fsp3) is 0.538. The summed E-state index contributed by atoms with van der Waals surface area (Å²) < 4.78 is 5.16. The van der Waals surface area contributed by atoms with Crippen LogP contribution in [0, 0.1) is 11.3 Å². The number of thioether (sulfide) groups is 1. The summed E-state index contributed by atoms with van der Waals surface area (Å²) in [7, 11) is 0. The van der Waals surface area contributed by atoms with Crippen molar-refractivity contribution >= 4 is 28.8 Å². The number of carbonyl (C=O) groups is 3. The molecule has 0 aromatic heterocycles. The number of hydrogen-bond donors (Lipinski definition) is 1. The Hall–Kier alpha value is -2.05. The van der Waals surface area contributed by atoms with Crippen molar-refractivity contribution in [2.24, 2.45) is 0 Å². The molecule has 0 radical (unpaired) electrons. The van der Waals surface area contributed by atoms with Gasteiger partial charge in [0.15, 0.2) is 0 Å². The first-order chi connectivity index (χ1) is 10.6. The number of amides is 3. The van der Waals surface area contributed by atoms with Gasteiger partial charge in [-0.15, -0.1) is 0 Å². The minimum absolute atomic E-state index is 0.00431. The van der Waals surface area contributed by atoms with Gasteiger partial charge in [0.25, 0.3) is 11.1 Å². The average molecular weight is 324 g/mol. The van der Waals surface area contributed by atoms with Crippen molar-refractivity contribution < 1.29 is 19.1 Å². The smallest absolute Gasteiger partial charge is 0.288 e. The molecule has 1 N–H and O–H groups in total. The Balaban J connectivity index is 1.82. The highest BCUT2D eigenvalue weighted by Crippen LogP contribution is 2.17. The lowest BCUT2D eigenvalue weighted by Crippen LogP contribution is -2.41. The average Bonchev–Trinajstić information content (AvgIpc) is 2.87. The maximum absolute atomic E-state index is 12.1. The van der Waals surface area contributed by atoms with Crippen molar-refractivity contribution in [2.45, 2.75) is 0 Å². The number of nitriles is 1. The SMILES string of the molecule is N#C/C(=C/NCCN1C(=O)CSC1=O)C(=O)N1CCOCC1. The van der Waals surface area contributed by atoms with Crippen molar-refractivity contribution in [3.8, 4) is 6.07 Å². The number of nitrogens with zero attached hydrogens (tertiary/aromatic N) is 3. The topological polar surface area (TPSA) is 103 Å². The standard InChI is InChI=1S/C13H16N4O4S/c14-7-10(12(19)16-3-5-21-6-4-16)8-15-1-2-17-11(18)9-22-13(17)20/h8,15H,1-6,9H2/b10-8-. The lowest BCUT2D eigenvalue weighted by Gasteiger charge is -2.26. The van der Waals surface area contributed by atoms with Gasteiger partial charge in [0.05, 0.1) is 19.0 Å². The summed E-state index contributed by atoms with van der Waals surface area (Å²) in [6.07, 6.45) is 1.33. The minimum atomic E-state index is -0.345. The molecule has 9 heteroatoms. The largest absolute Gasteiger partial charge is 0.388 e. The Bertz CT molecular complexity index is 521. The van der Waals surface area contributed by atoms with E-state index in [1.165, 1.54) is 6.20 Å². The van der Waals surface area contributed by atoms with Crippen LogP contribution in [0.3, 0.4) is 0 Å². The summed E-state index contributed by atoms with van der Waals surface area (Å²) >= 11 is 0.975. The molecule has 3 amide bonds. The van der Waals surface area contributed by atoms with Gasteiger partial charge < -0.3 is 15.0 Å². The molecule has 0 atom stereocenters. The molecule has 0 unspecified atom stereocenters. The number of ether oxygens (including phenoxy) is 1. The lowest BCUT2D eigenvalue weighted by molar-refractivity contribution is -0.130. The van der Waals surface area contributed by atoms with Crippen LogP contribution in [0.2, 0.25) is 0 Å². The van der Waals surface area contributed by atoms with Crippen molar-refractivity contribution in [1.82, 2.24) is 15.1 Å². The second-order valence-electron chi connectivity index (χ2n) is 4.63. The van der Waals surface area contributed by atoms with Gasteiger partial charge in [-0.3, -0.25) is 19.3 Å². The molecule has 0 saturated carbocycles. The third-order valence-electron chi connectivity index (χ3n) is 3.22. The van der Waals surface area contributed by atoms with E-state index in [-0.39, 0.29) is 34.9 Å². The molecule has 0 aromatic rings. The number of morpholine rings is 1. The fourth-order valence-electron chi connectivity index (χ4n) is 2.03. The Labute approximate surface area is 132 Å². The minimum Gasteiger partial charge on any atom is -0.388 e. The van der Waals surface area contributed by atoms with Crippen LogP contribution in [0.15, 0.2) is 11.8 Å². The Kier molecular flexibility index (Phi) is 5.80. The quantitative estimate of drug-likeness (QED) is 0.414. The molecule has 2 rings (SSSR count). The van der Waals surface area contributed by atoms with Crippen LogP contribution in [0.4, 0.5) is 4.79 Å². The number of imide groups is 1. The Morgan fingerprint density at radius 2 is 2.14 bits per heavy atom. The molecule has 2 heterocycles. The molecule has 2 aliphatic heterocycles. The summed E-state index contributed by atoms with van der Waals surface area (Å²) in [4.78, 5) is 37.6. The number of hydrogen-bond acceptors (Lipinski definition) is 7. The first-order valence-electron chi connectivity index (χ1n) is 6.81. The van der Waals surface area contributed by atoms with Gasteiger partial charge in [-0.05, 0) is 0 Å². The first-order valence-corrected chi connectivity index (χ1v) is 7.80. The molecule has 2 saturated heterocycles. The Morgan fingerprint density at radius 1 is 1.41 bits per heavy atom. The summed E-state index contributed by atoms with van der Waals surface area (Å²) in [5, 5.41) is 11.6. The zero-order valence-corrected chi connectivity index (χ0v) is 12.7. The van der Waals surface area contributed by atoms with Crippen molar-refractivity contribution in [3.05, 3.63) is 11.8 Å². The van der Waals surface area contributed by atoms with Gasteiger partial charge in [-0.25, -0.2) is 0 Å². The van der Waals surface area contributed by atoms with Crippen LogP contribution in [-0.2, 0) is 14.3 Å². The highest BCUT2D eigenvalue weighted by atomic mass is 32.2. The third-order valence-corrected chi connectivity index (χ3v) is 4.07. The normalized spacial score (nSPS) is 19.3. The molecule has 8 nitrogen and oxygen atoms in total. The summed E-state index contributed by atoms with van der Waals surface area (Å²) in [5.74, 6) is -0.388. The Morgan fingerprint density at radius 3 is 2.73 bits per heavy atom. The number of carbonyl (C=O) groups excluding carboxylic acids is 3. The van der Waals surface area contributed by atoms with Gasteiger partial charge >= 0.3 is 0 Å². The zero-order valence-electron chi connectivity index (χ0n) is 11.9. The van der Waals surface area contributed by atoms with E-state index in [4.69, 9.17) is 10.00 Å². The lowest BCUT2D eigenvalue weighted by atomic mass is 10.2. The maximum Gasteiger partial charge on any atom is 0.288 e. The molecule has 2 aliphatic rings. The van der Waals surface area contributed by atoms with E-state index in [1.807, 2.05) is 6.07 Å². The molecule has 0 aromatic carbocycles. The molecule has 2 fully saturated rings. The van der Waals surface area contributed by atoms with E-state index in [1.54, 1.807) is 4.90 Å². The second kappa shape index (κ2) is 7.82. The van der Waals surface area contributed by atoms with E-state index >= 15 is 0 Å². The van der Waals surface area contributed by atoms with Gasteiger partial charge in [0.2, 0.25) is 5.91 Å². The van der Waals surface area contributed by atoms with Crippen molar-refractivity contribution in [2.75, 3.05) is 45.1 Å². The molecule has 22 heavy (non-hydrogen) atoms. The molecule has 0 aliphatic carbocycles. The van der Waals surface area contributed by atoms with Crippen LogP contribution in [0.1, 0.15) is 0 Å². The highest BCUT2D eigenvalue weighted by molar-refractivity contribution is 8.14. The fourth-order valence-corrected chi connectivity index (χ4v) is 2.78. The van der Waals surface area contributed by atoms with Gasteiger partial charge in [0, 0.05) is 32.4 Å². The molecular formula is C13H16N4O4S. The number of rotatable bonds is 5. The van der Waals surface area contributed by atoms with Crippen LogP contribution in [0.25, 0.3) is 0 Å².